The molecule has 6 nitrogen and oxygen atoms in total. The van der Waals surface area contributed by atoms with E-state index in [1.165, 1.54) is 19.2 Å². The van der Waals surface area contributed by atoms with Crippen LogP contribution in [0.2, 0.25) is 0 Å². The highest BCUT2D eigenvalue weighted by Crippen LogP contribution is 2.37. The zero-order valence-corrected chi connectivity index (χ0v) is 14.6. The van der Waals surface area contributed by atoms with Gasteiger partial charge in [0.05, 0.1) is 29.8 Å². The second-order valence-corrected chi connectivity index (χ2v) is 7.56. The fourth-order valence-electron chi connectivity index (χ4n) is 2.48. The number of ether oxygens (including phenoxy) is 1. The maximum absolute atomic E-state index is 12.8. The van der Waals surface area contributed by atoms with E-state index >= 15 is 0 Å². The third-order valence-electron chi connectivity index (χ3n) is 3.80. The van der Waals surface area contributed by atoms with Crippen molar-refractivity contribution in [2.75, 3.05) is 11.6 Å². The fourth-order valence-corrected chi connectivity index (χ4v) is 4.25. The highest BCUT2D eigenvalue weighted by molar-refractivity contribution is 7.89. The maximum Gasteiger partial charge on any atom is 0.337 e. The average molecular weight is 367 g/mol. The van der Waals surface area contributed by atoms with E-state index in [2.05, 4.69) is 4.74 Å². The number of anilines is 1. The van der Waals surface area contributed by atoms with Crippen molar-refractivity contribution in [3.8, 4) is 0 Å². The number of methoxy groups -OCH3 is 1. The van der Waals surface area contributed by atoms with Gasteiger partial charge in [0.2, 0.25) is 0 Å². The summed E-state index contributed by atoms with van der Waals surface area (Å²) in [4.78, 5) is 11.8. The van der Waals surface area contributed by atoms with Crippen molar-refractivity contribution in [1.82, 2.24) is 4.41 Å². The van der Waals surface area contributed by atoms with Crippen molar-refractivity contribution in [3.05, 3.63) is 59.2 Å². The molecule has 0 aliphatic carbocycles. The Morgan fingerprint density at radius 2 is 1.83 bits per heavy atom. The predicted molar refractivity (Wildman–Crippen MR) is 90.0 cm³/mol. The average Bonchev–Trinajstić information content (AvgIpc) is 2.91. The highest BCUT2D eigenvalue weighted by atomic mass is 35.5. The van der Waals surface area contributed by atoms with E-state index < -0.39 is 16.0 Å². The number of rotatable bonds is 3. The number of esters is 1. The number of hydrogen-bond donors (Lipinski definition) is 0. The van der Waals surface area contributed by atoms with Gasteiger partial charge in [-0.05, 0) is 42.8 Å². The molecule has 0 N–H and O–H groups in total. The topological polar surface area (TPSA) is 66.9 Å². The molecule has 0 unspecified atom stereocenters. The van der Waals surface area contributed by atoms with E-state index in [0.29, 0.717) is 16.8 Å². The molecule has 0 bridgehead atoms. The molecule has 1 aliphatic heterocycles. The van der Waals surface area contributed by atoms with Crippen LogP contribution >= 0.6 is 11.8 Å². The fraction of sp³-hybridized carbons (Fsp3) is 0.188. The van der Waals surface area contributed by atoms with E-state index in [-0.39, 0.29) is 11.4 Å². The van der Waals surface area contributed by atoms with Gasteiger partial charge in [0, 0.05) is 11.8 Å². The number of nitrogens with zero attached hydrogens (tertiary/aromatic N) is 2. The Morgan fingerprint density at radius 3 is 2.46 bits per heavy atom. The van der Waals surface area contributed by atoms with Crippen LogP contribution < -0.4 is 4.53 Å². The zero-order chi connectivity index (χ0) is 17.5. The van der Waals surface area contributed by atoms with E-state index in [0.717, 1.165) is 14.5 Å². The molecule has 0 atom stereocenters. The Balaban J connectivity index is 1.96. The summed E-state index contributed by atoms with van der Waals surface area (Å²) >= 11 is 6.20. The molecule has 3 rings (SSSR count). The van der Waals surface area contributed by atoms with Gasteiger partial charge in [-0.25, -0.2) is 17.7 Å². The van der Waals surface area contributed by atoms with Crippen molar-refractivity contribution < 1.29 is 17.9 Å². The minimum Gasteiger partial charge on any atom is -0.465 e. The molecule has 0 saturated carbocycles. The first-order valence-corrected chi connectivity index (χ1v) is 8.89. The van der Waals surface area contributed by atoms with E-state index in [4.69, 9.17) is 11.8 Å². The van der Waals surface area contributed by atoms with Crippen LogP contribution in [0.3, 0.4) is 0 Å². The molecule has 0 amide bonds. The summed E-state index contributed by atoms with van der Waals surface area (Å²) in [7, 11) is -2.51. The summed E-state index contributed by atoms with van der Waals surface area (Å²) in [6.45, 7) is 1.92. The molecular formula is C16H15ClN2O4S. The van der Waals surface area contributed by atoms with Crippen molar-refractivity contribution in [2.24, 2.45) is 0 Å². The van der Waals surface area contributed by atoms with Gasteiger partial charge in [-0.1, -0.05) is 22.1 Å². The maximum atomic E-state index is 12.8. The summed E-state index contributed by atoms with van der Waals surface area (Å²) in [6, 6.07) is 11.3. The van der Waals surface area contributed by atoms with Gasteiger partial charge in [-0.3, -0.25) is 0 Å². The van der Waals surface area contributed by atoms with Crippen LogP contribution in [0, 0.1) is 6.92 Å². The summed E-state index contributed by atoms with van der Waals surface area (Å²) in [5.74, 6) is -0.487. The first-order chi connectivity index (χ1) is 11.3. The first kappa shape index (κ1) is 16.8. The van der Waals surface area contributed by atoms with Crippen LogP contribution in [-0.4, -0.2) is 25.9 Å². The van der Waals surface area contributed by atoms with Gasteiger partial charge >= 0.3 is 5.97 Å². The van der Waals surface area contributed by atoms with Crippen LogP contribution in [0.5, 0.6) is 0 Å². The number of fused-ring (bicyclic) bond motifs is 1. The molecule has 0 aromatic heterocycles. The number of hydrazine groups is 1. The van der Waals surface area contributed by atoms with Gasteiger partial charge in [0.1, 0.15) is 0 Å². The Hall–Kier alpha value is -2.09. The van der Waals surface area contributed by atoms with Gasteiger partial charge < -0.3 is 4.74 Å². The van der Waals surface area contributed by atoms with E-state index in [1.54, 1.807) is 30.3 Å². The molecule has 126 valence electrons. The number of hydrogen-bond acceptors (Lipinski definition) is 5. The number of aryl methyl sites for hydroxylation is 1. The number of benzene rings is 2. The Labute approximate surface area is 145 Å². The lowest BCUT2D eigenvalue weighted by Crippen LogP contribution is -2.36. The Bertz CT molecular complexity index is 897. The molecule has 1 aliphatic rings. The third kappa shape index (κ3) is 2.75. The standard InChI is InChI=1S/C16H15ClN2O4S/c1-11-3-6-14(7-4-11)24(21,22)18-10-13-9-12(16(20)23-2)5-8-15(13)19(18)17/h3-9H,10H2,1-2H3. The van der Waals surface area contributed by atoms with Crippen molar-refractivity contribution >= 4 is 33.5 Å². The third-order valence-corrected chi connectivity index (χ3v) is 5.97. The minimum absolute atomic E-state index is 0.0415. The smallest absolute Gasteiger partial charge is 0.337 e. The van der Waals surface area contributed by atoms with Gasteiger partial charge in [0.25, 0.3) is 10.0 Å². The molecular weight excluding hydrogens is 352 g/mol. The van der Waals surface area contributed by atoms with Crippen molar-refractivity contribution in [2.45, 2.75) is 18.4 Å². The molecule has 0 spiro atoms. The van der Waals surface area contributed by atoms with Crippen LogP contribution in [0.25, 0.3) is 0 Å². The van der Waals surface area contributed by atoms with Crippen LogP contribution in [0.1, 0.15) is 21.5 Å². The Kier molecular flexibility index (Phi) is 4.25. The minimum atomic E-state index is -3.80. The number of carbonyl (C=O) groups is 1. The Morgan fingerprint density at radius 1 is 1.17 bits per heavy atom. The summed E-state index contributed by atoms with van der Waals surface area (Å²) in [5, 5.41) is 0. The summed E-state index contributed by atoms with van der Waals surface area (Å²) in [6.07, 6.45) is 0. The predicted octanol–water partition coefficient (Wildman–Crippen LogP) is 2.86. The molecule has 2 aromatic carbocycles. The van der Waals surface area contributed by atoms with Crippen LogP contribution in [-0.2, 0) is 21.3 Å². The van der Waals surface area contributed by atoms with Crippen molar-refractivity contribution in [3.63, 3.8) is 0 Å². The lowest BCUT2D eigenvalue weighted by atomic mass is 10.1. The quantitative estimate of drug-likeness (QED) is 0.617. The SMILES string of the molecule is COC(=O)c1ccc2c(c1)CN(S(=O)(=O)c1ccc(C)cc1)N2Cl. The second-order valence-electron chi connectivity index (χ2n) is 5.39. The van der Waals surface area contributed by atoms with E-state index in [1.807, 2.05) is 6.92 Å². The summed E-state index contributed by atoms with van der Waals surface area (Å²) < 4.78 is 32.4. The lowest BCUT2D eigenvalue weighted by molar-refractivity contribution is 0.0600. The van der Waals surface area contributed by atoms with Gasteiger partial charge in [-0.15, -0.1) is 0 Å². The lowest BCUT2D eigenvalue weighted by Gasteiger charge is -2.22. The van der Waals surface area contributed by atoms with E-state index in [9.17, 15) is 13.2 Å². The van der Waals surface area contributed by atoms with Crippen LogP contribution in [0.15, 0.2) is 47.4 Å². The number of carbonyl (C=O) groups excluding carboxylic acids is 1. The monoisotopic (exact) mass is 366 g/mol. The zero-order valence-electron chi connectivity index (χ0n) is 13.1. The molecule has 0 radical (unpaired) electrons. The molecule has 0 fully saturated rings. The van der Waals surface area contributed by atoms with Crippen molar-refractivity contribution in [1.29, 1.82) is 0 Å². The van der Waals surface area contributed by atoms with Gasteiger partial charge in [0.15, 0.2) is 0 Å². The molecule has 1 heterocycles. The normalized spacial score (nSPS) is 14.5. The largest absolute Gasteiger partial charge is 0.465 e. The second kappa shape index (κ2) is 6.08. The molecule has 2 aromatic rings. The van der Waals surface area contributed by atoms with Gasteiger partial charge in [-0.2, -0.15) is 0 Å². The first-order valence-electron chi connectivity index (χ1n) is 7.11. The molecule has 8 heteroatoms. The van der Waals surface area contributed by atoms with Crippen LogP contribution in [0.4, 0.5) is 5.69 Å². The number of halogens is 1. The number of sulfonamides is 1. The highest BCUT2D eigenvalue weighted by Gasteiger charge is 2.37. The molecule has 0 saturated heterocycles. The summed E-state index contributed by atoms with van der Waals surface area (Å²) in [5.41, 5.74) is 2.45. The molecule has 24 heavy (non-hydrogen) atoms.